The minimum atomic E-state index is -0.756. The molecule has 1 atom stereocenters. The zero-order chi connectivity index (χ0) is 9.26. The maximum absolute atomic E-state index is 9.71. The molecule has 0 saturated carbocycles. The number of anilines is 1. The van der Waals surface area contributed by atoms with Crippen LogP contribution in [0.3, 0.4) is 0 Å². The topological polar surface area (TPSA) is 84.9 Å². The summed E-state index contributed by atoms with van der Waals surface area (Å²) in [6.45, 7) is 0. The summed E-state index contributed by atoms with van der Waals surface area (Å²) in [6.07, 6.45) is 0.790. The molecule has 2 aromatic rings. The van der Waals surface area contributed by atoms with Crippen molar-refractivity contribution in [3.8, 4) is 0 Å². The average Bonchev–Trinajstić information content (AvgIpc) is 2.72. The molecule has 2 rings (SSSR count). The van der Waals surface area contributed by atoms with Gasteiger partial charge in [-0.2, -0.15) is 0 Å². The van der Waals surface area contributed by atoms with Crippen molar-refractivity contribution in [3.63, 3.8) is 0 Å². The average molecular weight is 214 g/mol. The minimum absolute atomic E-state index is 0.442. The van der Waals surface area contributed by atoms with E-state index >= 15 is 0 Å². The third kappa shape index (κ3) is 1.67. The SMILES string of the molecule is Nc1ncc(C(O)c2csnn2)s1. The first-order valence-corrected chi connectivity index (χ1v) is 5.09. The first-order chi connectivity index (χ1) is 6.27. The van der Waals surface area contributed by atoms with E-state index in [2.05, 4.69) is 14.6 Å². The summed E-state index contributed by atoms with van der Waals surface area (Å²) in [5.74, 6) is 0. The van der Waals surface area contributed by atoms with Crippen LogP contribution in [0.15, 0.2) is 11.6 Å². The van der Waals surface area contributed by atoms with E-state index in [4.69, 9.17) is 5.73 Å². The molecule has 0 aliphatic carbocycles. The Morgan fingerprint density at radius 3 is 2.92 bits per heavy atom. The molecule has 0 aliphatic heterocycles. The molecule has 0 aromatic carbocycles. The number of aliphatic hydroxyl groups is 1. The highest BCUT2D eigenvalue weighted by Crippen LogP contribution is 2.26. The molecule has 3 N–H and O–H groups in total. The molecule has 2 heterocycles. The van der Waals surface area contributed by atoms with Crippen molar-refractivity contribution >= 4 is 28.0 Å². The molecule has 0 saturated heterocycles. The van der Waals surface area contributed by atoms with Crippen LogP contribution < -0.4 is 5.73 Å². The summed E-state index contributed by atoms with van der Waals surface area (Å²) in [4.78, 5) is 4.52. The maximum atomic E-state index is 9.71. The van der Waals surface area contributed by atoms with Gasteiger partial charge in [-0.15, -0.1) is 5.10 Å². The number of hydrogen-bond acceptors (Lipinski definition) is 7. The third-order valence-corrected chi connectivity index (χ3v) is 2.87. The van der Waals surface area contributed by atoms with Gasteiger partial charge in [-0.25, -0.2) is 4.98 Å². The lowest BCUT2D eigenvalue weighted by Crippen LogP contribution is -1.97. The number of rotatable bonds is 2. The first kappa shape index (κ1) is 8.54. The summed E-state index contributed by atoms with van der Waals surface area (Å²) < 4.78 is 3.66. The van der Waals surface area contributed by atoms with Crippen molar-refractivity contribution in [1.29, 1.82) is 0 Å². The van der Waals surface area contributed by atoms with Gasteiger partial charge >= 0.3 is 0 Å². The number of thiazole rings is 1. The van der Waals surface area contributed by atoms with Crippen LogP contribution in [0.5, 0.6) is 0 Å². The molecular weight excluding hydrogens is 208 g/mol. The Morgan fingerprint density at radius 1 is 1.54 bits per heavy atom. The van der Waals surface area contributed by atoms with E-state index in [0.717, 1.165) is 0 Å². The van der Waals surface area contributed by atoms with Crippen molar-refractivity contribution in [2.45, 2.75) is 6.10 Å². The van der Waals surface area contributed by atoms with Crippen LogP contribution >= 0.6 is 22.9 Å². The smallest absolute Gasteiger partial charge is 0.180 e. The van der Waals surface area contributed by atoms with E-state index in [1.165, 1.54) is 22.9 Å². The van der Waals surface area contributed by atoms with E-state index < -0.39 is 6.10 Å². The van der Waals surface area contributed by atoms with Crippen LogP contribution in [-0.4, -0.2) is 19.7 Å². The molecule has 0 radical (unpaired) electrons. The molecule has 68 valence electrons. The van der Waals surface area contributed by atoms with Crippen molar-refractivity contribution in [3.05, 3.63) is 22.1 Å². The van der Waals surface area contributed by atoms with Gasteiger partial charge in [0.15, 0.2) is 5.13 Å². The highest BCUT2D eigenvalue weighted by Gasteiger charge is 2.15. The fourth-order valence-electron chi connectivity index (χ4n) is 0.864. The largest absolute Gasteiger partial charge is 0.381 e. The normalized spacial score (nSPS) is 13.0. The van der Waals surface area contributed by atoms with Crippen LogP contribution in [-0.2, 0) is 0 Å². The lowest BCUT2D eigenvalue weighted by Gasteiger charge is -2.01. The molecule has 0 fully saturated rings. The van der Waals surface area contributed by atoms with Gasteiger partial charge in [0.2, 0.25) is 0 Å². The molecule has 0 amide bonds. The Hall–Kier alpha value is -1.05. The first-order valence-electron chi connectivity index (χ1n) is 3.43. The molecular formula is C6H6N4OS2. The molecule has 0 aliphatic rings. The summed E-state index contributed by atoms with van der Waals surface area (Å²) in [6, 6.07) is 0. The number of aliphatic hydroxyl groups excluding tert-OH is 1. The Labute approximate surface area is 82.0 Å². The number of nitrogens with zero attached hydrogens (tertiary/aromatic N) is 3. The van der Waals surface area contributed by atoms with Gasteiger partial charge in [0.25, 0.3) is 0 Å². The number of hydrogen-bond donors (Lipinski definition) is 2. The van der Waals surface area contributed by atoms with Crippen molar-refractivity contribution in [1.82, 2.24) is 14.6 Å². The van der Waals surface area contributed by atoms with Gasteiger partial charge in [0.1, 0.15) is 11.8 Å². The van der Waals surface area contributed by atoms with Crippen LogP contribution in [0.4, 0.5) is 5.13 Å². The van der Waals surface area contributed by atoms with Crippen LogP contribution in [0, 0.1) is 0 Å². The van der Waals surface area contributed by atoms with Gasteiger partial charge in [-0.1, -0.05) is 15.8 Å². The van der Waals surface area contributed by atoms with E-state index in [1.54, 1.807) is 11.6 Å². The van der Waals surface area contributed by atoms with Crippen LogP contribution in [0.2, 0.25) is 0 Å². The standard InChI is InChI=1S/C6H6N4OS2/c7-6-8-1-4(13-6)5(11)3-2-12-10-9-3/h1-2,5,11H,(H2,7,8). The van der Waals surface area contributed by atoms with Crippen molar-refractivity contribution in [2.75, 3.05) is 5.73 Å². The quantitative estimate of drug-likeness (QED) is 0.767. The van der Waals surface area contributed by atoms with Crippen LogP contribution in [0.25, 0.3) is 0 Å². The molecule has 7 heteroatoms. The second-order valence-corrected chi connectivity index (χ2v) is 4.04. The summed E-state index contributed by atoms with van der Waals surface area (Å²) in [5.41, 5.74) is 5.97. The summed E-state index contributed by atoms with van der Waals surface area (Å²) >= 11 is 2.45. The lowest BCUT2D eigenvalue weighted by molar-refractivity contribution is 0.219. The number of nitrogens with two attached hydrogens (primary N) is 1. The van der Waals surface area contributed by atoms with Gasteiger partial charge in [0.05, 0.1) is 4.88 Å². The second kappa shape index (κ2) is 3.36. The summed E-state index contributed by atoms with van der Waals surface area (Å²) in [5, 5.41) is 15.6. The number of aromatic nitrogens is 3. The lowest BCUT2D eigenvalue weighted by atomic mass is 10.2. The van der Waals surface area contributed by atoms with Crippen LogP contribution in [0.1, 0.15) is 16.7 Å². The molecule has 0 spiro atoms. The predicted octanol–water partition coefficient (Wildman–Crippen LogP) is 0.659. The molecule has 2 aromatic heterocycles. The molecule has 5 nitrogen and oxygen atoms in total. The van der Waals surface area contributed by atoms with E-state index in [0.29, 0.717) is 15.7 Å². The fraction of sp³-hybridized carbons (Fsp3) is 0.167. The Bertz CT molecular complexity index is 385. The maximum Gasteiger partial charge on any atom is 0.180 e. The predicted molar refractivity (Wildman–Crippen MR) is 50.5 cm³/mol. The monoisotopic (exact) mass is 214 g/mol. The zero-order valence-corrected chi connectivity index (χ0v) is 8.05. The minimum Gasteiger partial charge on any atom is -0.381 e. The Kier molecular flexibility index (Phi) is 2.21. The third-order valence-electron chi connectivity index (χ3n) is 1.47. The Morgan fingerprint density at radius 2 is 2.38 bits per heavy atom. The summed E-state index contributed by atoms with van der Waals surface area (Å²) in [7, 11) is 0. The van der Waals surface area contributed by atoms with Gasteiger partial charge in [-0.3, -0.25) is 0 Å². The van der Waals surface area contributed by atoms with E-state index in [9.17, 15) is 5.11 Å². The second-order valence-electron chi connectivity index (χ2n) is 2.33. The van der Waals surface area contributed by atoms with Gasteiger partial charge < -0.3 is 10.8 Å². The zero-order valence-electron chi connectivity index (χ0n) is 6.41. The molecule has 1 unspecified atom stereocenters. The highest BCUT2D eigenvalue weighted by molar-refractivity contribution is 7.15. The van der Waals surface area contributed by atoms with E-state index in [1.807, 2.05) is 0 Å². The Balaban J connectivity index is 2.28. The van der Waals surface area contributed by atoms with Crippen molar-refractivity contribution in [2.24, 2.45) is 0 Å². The molecule has 13 heavy (non-hydrogen) atoms. The van der Waals surface area contributed by atoms with Crippen molar-refractivity contribution < 1.29 is 5.11 Å². The van der Waals surface area contributed by atoms with E-state index in [-0.39, 0.29) is 0 Å². The highest BCUT2D eigenvalue weighted by atomic mass is 32.1. The van der Waals surface area contributed by atoms with Gasteiger partial charge in [-0.05, 0) is 11.5 Å². The fourth-order valence-corrected chi connectivity index (χ4v) is 2.02. The van der Waals surface area contributed by atoms with Gasteiger partial charge in [0, 0.05) is 11.6 Å². The molecule has 0 bridgehead atoms. The number of nitrogen functional groups attached to an aromatic ring is 1.